The number of aromatic nitrogens is 2. The lowest BCUT2D eigenvalue weighted by Crippen LogP contribution is -2.39. The number of carbonyl (C=O) groups excluding carboxylic acids is 1. The minimum absolute atomic E-state index is 0.126. The summed E-state index contributed by atoms with van der Waals surface area (Å²) in [7, 11) is 1.58. The summed E-state index contributed by atoms with van der Waals surface area (Å²) in [4.78, 5) is 29.9. The number of aryl methyl sites for hydroxylation is 1. The molecule has 190 valence electrons. The molecule has 5 rings (SSSR count). The van der Waals surface area contributed by atoms with E-state index >= 15 is 0 Å². The first-order chi connectivity index (χ1) is 17.9. The fourth-order valence-electron chi connectivity index (χ4n) is 5.38. The zero-order chi connectivity index (χ0) is 26.0. The summed E-state index contributed by atoms with van der Waals surface area (Å²) < 4.78 is 13.2. The molecule has 0 aliphatic heterocycles. The molecule has 4 aromatic rings. The Morgan fingerprint density at radius 3 is 2.43 bits per heavy atom. The number of rotatable bonds is 7. The Labute approximate surface area is 215 Å². The Hall–Kier alpha value is -4.13. The van der Waals surface area contributed by atoms with E-state index in [0.29, 0.717) is 11.4 Å². The molecular weight excluding hydrogens is 468 g/mol. The second-order valence-electron chi connectivity index (χ2n) is 9.63. The van der Waals surface area contributed by atoms with Gasteiger partial charge in [0.1, 0.15) is 12.3 Å². The van der Waals surface area contributed by atoms with E-state index in [1.165, 1.54) is 0 Å². The average Bonchev–Trinajstić information content (AvgIpc) is 3.39. The van der Waals surface area contributed by atoms with Crippen molar-refractivity contribution in [1.29, 1.82) is 0 Å². The monoisotopic (exact) mass is 498 g/mol. The van der Waals surface area contributed by atoms with Crippen LogP contribution in [-0.2, 0) is 21.6 Å². The van der Waals surface area contributed by atoms with Crippen molar-refractivity contribution in [2.24, 2.45) is 0 Å². The lowest BCUT2D eigenvalue weighted by Gasteiger charge is -2.35. The minimum Gasteiger partial charge on any atom is -0.480 e. The van der Waals surface area contributed by atoms with E-state index < -0.39 is 11.4 Å². The molecule has 2 aromatic carbocycles. The van der Waals surface area contributed by atoms with Gasteiger partial charge in [-0.15, -0.1) is 0 Å². The summed E-state index contributed by atoms with van der Waals surface area (Å²) in [5, 5.41) is 9.58. The van der Waals surface area contributed by atoms with Crippen LogP contribution in [0.3, 0.4) is 0 Å². The quantitative estimate of drug-likeness (QED) is 0.316. The van der Waals surface area contributed by atoms with Crippen molar-refractivity contribution < 1.29 is 24.2 Å². The Kier molecular flexibility index (Phi) is 6.70. The molecule has 1 fully saturated rings. The third-order valence-corrected chi connectivity index (χ3v) is 7.44. The lowest BCUT2D eigenvalue weighted by atomic mass is 9.69. The van der Waals surface area contributed by atoms with Crippen LogP contribution in [0.1, 0.15) is 59.3 Å². The standard InChI is InChI=1S/C30H30N2O5/c1-20-10-15-23(32-18-26(36-2)31-27(20)32)19-37-29(35)30(16-6-3-7-17-30)22-13-11-21(12-14-22)24-8-4-5-9-25(24)28(33)34/h4-5,8-15,18H,3,6-7,16-17,19H2,1-2H3,(H,33,34). The molecule has 0 bridgehead atoms. The van der Waals surface area contributed by atoms with Crippen molar-refractivity contribution in [2.45, 2.75) is 51.0 Å². The van der Waals surface area contributed by atoms with Gasteiger partial charge in [-0.2, -0.15) is 4.98 Å². The van der Waals surface area contributed by atoms with Crippen LogP contribution in [0.5, 0.6) is 5.88 Å². The van der Waals surface area contributed by atoms with E-state index in [1.54, 1.807) is 31.5 Å². The third-order valence-electron chi connectivity index (χ3n) is 7.44. The maximum atomic E-state index is 13.7. The fourth-order valence-corrected chi connectivity index (χ4v) is 5.38. The predicted molar refractivity (Wildman–Crippen MR) is 140 cm³/mol. The number of imidazole rings is 1. The molecule has 0 radical (unpaired) electrons. The second-order valence-corrected chi connectivity index (χ2v) is 9.63. The Balaban J connectivity index is 1.42. The van der Waals surface area contributed by atoms with Crippen LogP contribution in [0.25, 0.3) is 16.8 Å². The van der Waals surface area contributed by atoms with Crippen molar-refractivity contribution in [3.05, 3.63) is 89.2 Å². The number of hydrogen-bond acceptors (Lipinski definition) is 5. The van der Waals surface area contributed by atoms with Crippen LogP contribution in [0.15, 0.2) is 66.9 Å². The maximum Gasteiger partial charge on any atom is 0.336 e. The summed E-state index contributed by atoms with van der Waals surface area (Å²) in [6.07, 6.45) is 6.23. The zero-order valence-electron chi connectivity index (χ0n) is 21.1. The van der Waals surface area contributed by atoms with E-state index in [-0.39, 0.29) is 18.1 Å². The van der Waals surface area contributed by atoms with E-state index in [0.717, 1.165) is 60.1 Å². The van der Waals surface area contributed by atoms with Crippen LogP contribution >= 0.6 is 0 Å². The first-order valence-electron chi connectivity index (χ1n) is 12.5. The first-order valence-corrected chi connectivity index (χ1v) is 12.5. The summed E-state index contributed by atoms with van der Waals surface area (Å²) in [6.45, 7) is 2.11. The zero-order valence-corrected chi connectivity index (χ0v) is 21.1. The number of fused-ring (bicyclic) bond motifs is 1. The van der Waals surface area contributed by atoms with Gasteiger partial charge in [0, 0.05) is 0 Å². The highest BCUT2D eigenvalue weighted by Crippen LogP contribution is 2.41. The maximum absolute atomic E-state index is 13.7. The molecule has 7 heteroatoms. The summed E-state index contributed by atoms with van der Waals surface area (Å²) in [6, 6.07) is 18.6. The predicted octanol–water partition coefficient (Wildman–Crippen LogP) is 5.96. The fraction of sp³-hybridized carbons (Fsp3) is 0.300. The van der Waals surface area contributed by atoms with Crippen LogP contribution < -0.4 is 4.74 Å². The van der Waals surface area contributed by atoms with Gasteiger partial charge in [0.15, 0.2) is 0 Å². The minimum atomic E-state index is -0.965. The largest absolute Gasteiger partial charge is 0.480 e. The SMILES string of the molecule is COc1cn2c(COC(=O)C3(c4ccc(-c5ccccc5C(=O)O)cc4)CCCCC3)ccc(C)c2n1. The van der Waals surface area contributed by atoms with Crippen molar-refractivity contribution in [1.82, 2.24) is 9.38 Å². The van der Waals surface area contributed by atoms with Crippen molar-refractivity contribution in [2.75, 3.05) is 7.11 Å². The van der Waals surface area contributed by atoms with Crippen molar-refractivity contribution >= 4 is 17.6 Å². The molecule has 0 atom stereocenters. The average molecular weight is 499 g/mol. The van der Waals surface area contributed by atoms with Crippen LogP contribution in [0.2, 0.25) is 0 Å². The summed E-state index contributed by atoms with van der Waals surface area (Å²) in [5.41, 5.74) is 4.49. The van der Waals surface area contributed by atoms with Gasteiger partial charge in [0.2, 0.25) is 5.88 Å². The van der Waals surface area contributed by atoms with Crippen molar-refractivity contribution in [3.63, 3.8) is 0 Å². The van der Waals surface area contributed by atoms with Gasteiger partial charge in [-0.1, -0.05) is 67.8 Å². The lowest BCUT2D eigenvalue weighted by molar-refractivity contribution is -0.153. The number of aromatic carboxylic acids is 1. The molecule has 1 aliphatic carbocycles. The van der Waals surface area contributed by atoms with Crippen LogP contribution in [0, 0.1) is 6.92 Å². The first kappa shape index (κ1) is 24.6. The van der Waals surface area contributed by atoms with E-state index in [4.69, 9.17) is 9.47 Å². The molecule has 0 spiro atoms. The normalized spacial score (nSPS) is 14.9. The smallest absolute Gasteiger partial charge is 0.336 e. The molecule has 0 saturated heterocycles. The molecule has 37 heavy (non-hydrogen) atoms. The number of benzene rings is 2. The molecule has 7 nitrogen and oxygen atoms in total. The Bertz CT molecular complexity index is 1450. The van der Waals surface area contributed by atoms with Crippen LogP contribution in [0.4, 0.5) is 0 Å². The van der Waals surface area contributed by atoms with Gasteiger partial charge in [0.25, 0.3) is 0 Å². The molecule has 2 heterocycles. The van der Waals surface area contributed by atoms with Crippen molar-refractivity contribution in [3.8, 4) is 17.0 Å². The molecule has 0 unspecified atom stereocenters. The number of pyridine rings is 1. The van der Waals surface area contributed by atoms with E-state index in [9.17, 15) is 14.7 Å². The van der Waals surface area contributed by atoms with Gasteiger partial charge >= 0.3 is 11.9 Å². The number of nitrogens with zero attached hydrogens (tertiary/aromatic N) is 2. The Morgan fingerprint density at radius 1 is 1.00 bits per heavy atom. The highest BCUT2D eigenvalue weighted by molar-refractivity contribution is 5.96. The molecule has 0 amide bonds. The van der Waals surface area contributed by atoms with Crippen LogP contribution in [-0.4, -0.2) is 33.5 Å². The number of hydrogen-bond donors (Lipinski definition) is 1. The number of methoxy groups -OCH3 is 1. The highest BCUT2D eigenvalue weighted by atomic mass is 16.5. The van der Waals surface area contributed by atoms with E-state index in [2.05, 4.69) is 4.98 Å². The molecule has 1 saturated carbocycles. The third kappa shape index (κ3) is 4.57. The second kappa shape index (κ2) is 10.1. The number of esters is 1. The molecular formula is C30H30N2O5. The molecule has 2 aromatic heterocycles. The highest BCUT2D eigenvalue weighted by Gasteiger charge is 2.42. The molecule has 1 aliphatic rings. The van der Waals surface area contributed by atoms with Gasteiger partial charge in [0.05, 0.1) is 30.0 Å². The topological polar surface area (TPSA) is 90.1 Å². The van der Waals surface area contributed by atoms with Gasteiger partial charge < -0.3 is 14.6 Å². The summed E-state index contributed by atoms with van der Waals surface area (Å²) >= 11 is 0. The Morgan fingerprint density at radius 2 is 1.73 bits per heavy atom. The number of carbonyl (C=O) groups is 2. The van der Waals surface area contributed by atoms with E-state index in [1.807, 2.05) is 53.8 Å². The number of carboxylic acids is 1. The van der Waals surface area contributed by atoms with Gasteiger partial charge in [-0.25, -0.2) is 4.79 Å². The number of carboxylic acid groups (broad SMARTS) is 1. The number of ether oxygens (including phenoxy) is 2. The molecule has 1 N–H and O–H groups in total. The van der Waals surface area contributed by atoms with Gasteiger partial charge in [-0.05, 0) is 54.2 Å². The van der Waals surface area contributed by atoms with Gasteiger partial charge in [-0.3, -0.25) is 9.20 Å². The summed E-state index contributed by atoms with van der Waals surface area (Å²) in [5.74, 6) is -0.686.